The lowest BCUT2D eigenvalue weighted by molar-refractivity contribution is -0.110. The molecule has 0 radical (unpaired) electrons. The van der Waals surface area contributed by atoms with Gasteiger partial charge in [0.15, 0.2) is 4.69 Å². The van der Waals surface area contributed by atoms with Crippen molar-refractivity contribution >= 4 is 20.6 Å². The van der Waals surface area contributed by atoms with E-state index in [2.05, 4.69) is 22.9 Å². The monoisotopic (exact) mass is 362 g/mol. The molecule has 0 amide bonds. The molecular weight excluding hydrogens is 328 g/mol. The third-order valence-corrected chi connectivity index (χ3v) is 4.45. The molecule has 0 aromatic carbocycles. The van der Waals surface area contributed by atoms with Crippen molar-refractivity contribution in [1.82, 2.24) is 0 Å². The number of carbonyl (C=O) groups is 1. The normalized spacial score (nSPS) is 12.5. The molecule has 0 aliphatic heterocycles. The zero-order chi connectivity index (χ0) is 15.8. The topological polar surface area (TPSA) is 37.3 Å². The van der Waals surface area contributed by atoms with Crippen LogP contribution in [0.15, 0.2) is 0 Å². The van der Waals surface area contributed by atoms with E-state index >= 15 is 0 Å². The lowest BCUT2D eigenvalue weighted by atomic mass is 10.0. The van der Waals surface area contributed by atoms with Crippen LogP contribution < -0.4 is 0 Å². The van der Waals surface area contributed by atoms with Gasteiger partial charge in [-0.15, -0.1) is 0 Å². The Labute approximate surface area is 140 Å². The molecule has 126 valence electrons. The highest BCUT2D eigenvalue weighted by molar-refractivity contribution is 9.18. The van der Waals surface area contributed by atoms with Crippen LogP contribution in [-0.4, -0.2) is 15.9 Å². The molecule has 0 rings (SSSR count). The molecule has 0 spiro atoms. The maximum absolute atomic E-state index is 10.7. The molecular formula is C18H35BrO2. The predicted octanol–water partition coefficient (Wildman–Crippen LogP) is 6.14. The zero-order valence-corrected chi connectivity index (χ0v) is 15.5. The Morgan fingerprint density at radius 1 is 0.810 bits per heavy atom. The summed E-state index contributed by atoms with van der Waals surface area (Å²) < 4.78 is 0.135. The highest BCUT2D eigenvalue weighted by Gasteiger charge is 2.03. The van der Waals surface area contributed by atoms with Crippen LogP contribution in [0.5, 0.6) is 0 Å². The average Bonchev–Trinajstić information content (AvgIpc) is 2.45. The maximum Gasteiger partial charge on any atom is 0.197 e. The molecule has 2 nitrogen and oxygen atoms in total. The summed E-state index contributed by atoms with van der Waals surface area (Å²) in [6.45, 7) is 2.22. The first-order chi connectivity index (χ1) is 10.2. The van der Waals surface area contributed by atoms with Gasteiger partial charge in [-0.1, -0.05) is 77.6 Å². The molecule has 3 heteroatoms. The molecule has 0 bridgehead atoms. The third kappa shape index (κ3) is 18.1. The standard InChI is InChI=1S/C18H35BrO2/c1-2-3-4-11-14-17(20)15-12-9-7-5-6-8-10-13-16-18(19)21/h17,20H,2-16H2,1H3. The average molecular weight is 363 g/mol. The first-order valence-electron chi connectivity index (χ1n) is 9.03. The number of aliphatic hydroxyl groups excluding tert-OH is 1. The van der Waals surface area contributed by atoms with Crippen LogP contribution in [0.3, 0.4) is 0 Å². The van der Waals surface area contributed by atoms with E-state index in [0.717, 1.165) is 19.3 Å². The molecule has 0 aromatic heterocycles. The summed E-state index contributed by atoms with van der Waals surface area (Å²) in [5.41, 5.74) is 0. The van der Waals surface area contributed by atoms with Crippen LogP contribution in [0.4, 0.5) is 0 Å². The van der Waals surface area contributed by atoms with Crippen LogP contribution >= 0.6 is 15.9 Å². The van der Waals surface area contributed by atoms with Gasteiger partial charge in [-0.05, 0) is 35.2 Å². The van der Waals surface area contributed by atoms with Gasteiger partial charge in [0.1, 0.15) is 0 Å². The Kier molecular flexibility index (Phi) is 16.6. The van der Waals surface area contributed by atoms with Gasteiger partial charge < -0.3 is 5.11 Å². The first-order valence-corrected chi connectivity index (χ1v) is 9.82. The van der Waals surface area contributed by atoms with E-state index in [9.17, 15) is 9.90 Å². The van der Waals surface area contributed by atoms with E-state index in [-0.39, 0.29) is 10.8 Å². The number of unbranched alkanes of at least 4 members (excludes halogenated alkanes) is 10. The summed E-state index contributed by atoms with van der Waals surface area (Å²) in [7, 11) is 0. The van der Waals surface area contributed by atoms with Gasteiger partial charge in [-0.2, -0.15) is 0 Å². The fourth-order valence-corrected chi connectivity index (χ4v) is 2.94. The molecule has 1 atom stereocenters. The number of halogens is 1. The number of carbonyl (C=O) groups excluding carboxylic acids is 1. The minimum Gasteiger partial charge on any atom is -0.393 e. The van der Waals surface area contributed by atoms with Crippen LogP contribution in [0.1, 0.15) is 103 Å². The van der Waals surface area contributed by atoms with Gasteiger partial charge >= 0.3 is 0 Å². The van der Waals surface area contributed by atoms with Crippen molar-refractivity contribution in [3.8, 4) is 0 Å². The van der Waals surface area contributed by atoms with Crippen molar-refractivity contribution in [2.24, 2.45) is 0 Å². The summed E-state index contributed by atoms with van der Waals surface area (Å²) in [5.74, 6) is 0. The second-order valence-electron chi connectivity index (χ2n) is 6.23. The first kappa shape index (κ1) is 21.1. The van der Waals surface area contributed by atoms with Gasteiger partial charge in [0, 0.05) is 6.42 Å². The summed E-state index contributed by atoms with van der Waals surface area (Å²) in [4.78, 5) is 10.7. The van der Waals surface area contributed by atoms with Gasteiger partial charge in [-0.3, -0.25) is 4.79 Å². The number of rotatable bonds is 16. The quantitative estimate of drug-likeness (QED) is 0.264. The molecule has 0 aliphatic carbocycles. The number of aliphatic hydroxyl groups is 1. The van der Waals surface area contributed by atoms with Crippen molar-refractivity contribution in [2.45, 2.75) is 109 Å². The van der Waals surface area contributed by atoms with E-state index in [1.54, 1.807) is 0 Å². The minimum atomic E-state index is -0.0661. The van der Waals surface area contributed by atoms with Crippen molar-refractivity contribution in [3.05, 3.63) is 0 Å². The lowest BCUT2D eigenvalue weighted by Crippen LogP contribution is -2.05. The van der Waals surface area contributed by atoms with Crippen LogP contribution in [0.2, 0.25) is 0 Å². The SMILES string of the molecule is CCCCCCC(O)CCCCCCCCCCC(=O)Br. The van der Waals surface area contributed by atoms with Crippen LogP contribution in [-0.2, 0) is 4.79 Å². The van der Waals surface area contributed by atoms with E-state index in [1.165, 1.54) is 70.6 Å². The van der Waals surface area contributed by atoms with E-state index in [1.807, 2.05) is 0 Å². The Bertz CT molecular complexity index is 231. The summed E-state index contributed by atoms with van der Waals surface area (Å²) in [6, 6.07) is 0. The molecule has 0 saturated carbocycles. The molecule has 0 aliphatic rings. The summed E-state index contributed by atoms with van der Waals surface area (Å²) in [6.07, 6.45) is 17.4. The van der Waals surface area contributed by atoms with Crippen molar-refractivity contribution in [1.29, 1.82) is 0 Å². The van der Waals surface area contributed by atoms with E-state index in [4.69, 9.17) is 0 Å². The molecule has 0 saturated heterocycles. The molecule has 0 heterocycles. The van der Waals surface area contributed by atoms with Gasteiger partial charge in [0.2, 0.25) is 0 Å². The Morgan fingerprint density at radius 2 is 1.24 bits per heavy atom. The number of hydrogen-bond acceptors (Lipinski definition) is 2. The predicted molar refractivity (Wildman–Crippen MR) is 94.9 cm³/mol. The molecule has 21 heavy (non-hydrogen) atoms. The fraction of sp³-hybridized carbons (Fsp3) is 0.944. The van der Waals surface area contributed by atoms with Crippen molar-refractivity contribution in [3.63, 3.8) is 0 Å². The second kappa shape index (κ2) is 16.5. The number of hydrogen-bond donors (Lipinski definition) is 1. The molecule has 1 unspecified atom stereocenters. The highest BCUT2D eigenvalue weighted by Crippen LogP contribution is 2.14. The second-order valence-corrected chi connectivity index (χ2v) is 7.11. The van der Waals surface area contributed by atoms with Gasteiger partial charge in [0.05, 0.1) is 6.10 Å². The van der Waals surface area contributed by atoms with E-state index < -0.39 is 0 Å². The van der Waals surface area contributed by atoms with Crippen molar-refractivity contribution < 1.29 is 9.90 Å². The van der Waals surface area contributed by atoms with Gasteiger partial charge in [-0.25, -0.2) is 0 Å². The fourth-order valence-electron chi connectivity index (χ4n) is 2.66. The molecule has 0 aromatic rings. The summed E-state index contributed by atoms with van der Waals surface area (Å²) >= 11 is 2.96. The molecule has 1 N–H and O–H groups in total. The van der Waals surface area contributed by atoms with Crippen LogP contribution in [0, 0.1) is 0 Å². The van der Waals surface area contributed by atoms with Gasteiger partial charge in [0.25, 0.3) is 0 Å². The Morgan fingerprint density at radius 3 is 1.71 bits per heavy atom. The lowest BCUT2D eigenvalue weighted by Gasteiger charge is -2.10. The minimum absolute atomic E-state index is 0.0661. The largest absolute Gasteiger partial charge is 0.393 e. The van der Waals surface area contributed by atoms with Crippen LogP contribution in [0.25, 0.3) is 0 Å². The highest BCUT2D eigenvalue weighted by atomic mass is 79.9. The smallest absolute Gasteiger partial charge is 0.197 e. The van der Waals surface area contributed by atoms with E-state index in [0.29, 0.717) is 6.42 Å². The Balaban J connectivity index is 3.12. The summed E-state index contributed by atoms with van der Waals surface area (Å²) in [5, 5.41) is 9.86. The third-order valence-electron chi connectivity index (χ3n) is 4.05. The maximum atomic E-state index is 10.7. The zero-order valence-electron chi connectivity index (χ0n) is 13.9. The van der Waals surface area contributed by atoms with Crippen molar-refractivity contribution in [2.75, 3.05) is 0 Å². The Hall–Kier alpha value is 0.110. The molecule has 0 fully saturated rings.